The lowest BCUT2D eigenvalue weighted by molar-refractivity contribution is 1.25. The monoisotopic (exact) mass is 570 g/mol. The Balaban J connectivity index is 1.38. The number of para-hydroxylation sites is 3. The van der Waals surface area contributed by atoms with E-state index in [2.05, 4.69) is 173 Å². The average Bonchev–Trinajstić information content (AvgIpc) is 3.45. The van der Waals surface area contributed by atoms with Crippen LogP contribution in [0.25, 0.3) is 55.2 Å². The van der Waals surface area contributed by atoms with Gasteiger partial charge in [-0.05, 0) is 75.1 Å². The van der Waals surface area contributed by atoms with Gasteiger partial charge in [0, 0.05) is 44.4 Å². The van der Waals surface area contributed by atoms with E-state index in [4.69, 9.17) is 0 Å². The van der Waals surface area contributed by atoms with Gasteiger partial charge in [0.1, 0.15) is 0 Å². The van der Waals surface area contributed by atoms with Crippen LogP contribution in [0.15, 0.2) is 164 Å². The molecule has 45 heavy (non-hydrogen) atoms. The summed E-state index contributed by atoms with van der Waals surface area (Å²) in [6.45, 7) is 0.0388. The van der Waals surface area contributed by atoms with Crippen molar-refractivity contribution < 1.29 is 0 Å². The minimum atomic E-state index is 0.0388. The molecule has 0 spiro atoms. The number of hydrogen-bond donors (Lipinski definition) is 0. The molecule has 0 aliphatic carbocycles. The molecule has 10 rings (SSSR count). The molecule has 7 aromatic carbocycles. The lowest BCUT2D eigenvalue weighted by Gasteiger charge is -2.41. The first-order valence-corrected chi connectivity index (χ1v) is 15.6. The zero-order chi connectivity index (χ0) is 29.5. The predicted molar refractivity (Wildman–Crippen MR) is 191 cm³/mol. The predicted octanol–water partition coefficient (Wildman–Crippen LogP) is 9.55. The molecule has 0 atom stereocenters. The fourth-order valence-corrected chi connectivity index (χ4v) is 7.86. The van der Waals surface area contributed by atoms with Crippen molar-refractivity contribution in [2.24, 2.45) is 0 Å². The molecule has 3 heterocycles. The standard InChI is InChI=1S/C42H27BN2/c1-4-13-28(14-5-1)30-23-24-37-39(26-30)44(32-17-8-3-9-18-32)40-27-31(29-15-6-2-7-16-29)25-36-35-21-12-20-34-33-19-10-11-22-38(33)45(42(34)35)43(37)41(36)40/h1-27H. The van der Waals surface area contributed by atoms with Gasteiger partial charge in [0.05, 0.1) is 0 Å². The van der Waals surface area contributed by atoms with Crippen LogP contribution in [0.4, 0.5) is 17.1 Å². The van der Waals surface area contributed by atoms with Crippen LogP contribution in [-0.4, -0.2) is 11.3 Å². The molecule has 8 aromatic rings. The van der Waals surface area contributed by atoms with Crippen LogP contribution in [0, 0.1) is 0 Å². The third-order valence-corrected chi connectivity index (χ3v) is 9.75. The van der Waals surface area contributed by atoms with E-state index in [1.165, 1.54) is 77.5 Å². The Kier molecular flexibility index (Phi) is 5.12. The molecular weight excluding hydrogens is 543 g/mol. The number of hydrogen-bond acceptors (Lipinski definition) is 1. The molecule has 3 heteroatoms. The zero-order valence-corrected chi connectivity index (χ0v) is 24.6. The van der Waals surface area contributed by atoms with Gasteiger partial charge in [0.15, 0.2) is 0 Å². The summed E-state index contributed by atoms with van der Waals surface area (Å²) >= 11 is 0. The van der Waals surface area contributed by atoms with Gasteiger partial charge in [-0.1, -0.05) is 127 Å². The van der Waals surface area contributed by atoms with E-state index in [-0.39, 0.29) is 6.85 Å². The quantitative estimate of drug-likeness (QED) is 0.192. The number of benzene rings is 7. The molecule has 0 fully saturated rings. The van der Waals surface area contributed by atoms with E-state index in [1.807, 2.05) is 0 Å². The van der Waals surface area contributed by atoms with E-state index in [0.717, 1.165) is 5.69 Å². The Hall–Kier alpha value is -5.80. The Morgan fingerprint density at radius 1 is 0.422 bits per heavy atom. The first kappa shape index (κ1) is 24.6. The fourth-order valence-electron chi connectivity index (χ4n) is 7.86. The maximum Gasteiger partial charge on any atom is 0.333 e. The van der Waals surface area contributed by atoms with Crippen LogP contribution in [0.1, 0.15) is 0 Å². The highest BCUT2D eigenvalue weighted by Gasteiger charge is 2.42. The molecule has 0 saturated heterocycles. The first-order valence-electron chi connectivity index (χ1n) is 15.6. The highest BCUT2D eigenvalue weighted by molar-refractivity contribution is 6.90. The second kappa shape index (κ2) is 9.35. The second-order valence-electron chi connectivity index (χ2n) is 12.1. The van der Waals surface area contributed by atoms with E-state index in [0.29, 0.717) is 0 Å². The van der Waals surface area contributed by atoms with Crippen molar-refractivity contribution >= 4 is 56.6 Å². The molecule has 0 unspecified atom stereocenters. The van der Waals surface area contributed by atoms with Crippen LogP contribution in [0.2, 0.25) is 0 Å². The summed E-state index contributed by atoms with van der Waals surface area (Å²) in [5.41, 5.74) is 16.4. The summed E-state index contributed by atoms with van der Waals surface area (Å²) in [6, 6.07) is 60.1. The van der Waals surface area contributed by atoms with Crippen molar-refractivity contribution in [2.75, 3.05) is 4.90 Å². The van der Waals surface area contributed by atoms with Gasteiger partial charge in [0.25, 0.3) is 0 Å². The lowest BCUT2D eigenvalue weighted by atomic mass is 9.45. The largest absolute Gasteiger partial charge is 0.375 e. The van der Waals surface area contributed by atoms with Crippen molar-refractivity contribution in [2.45, 2.75) is 0 Å². The summed E-state index contributed by atoms with van der Waals surface area (Å²) in [4.78, 5) is 2.50. The third kappa shape index (κ3) is 3.47. The highest BCUT2D eigenvalue weighted by Crippen LogP contribution is 2.47. The SMILES string of the molecule is c1ccc(-c2ccc3c(c2)N(c2ccccc2)c2cc(-c4ccccc4)cc4c2B3n2c3ccccc3c3cccc-4c32)cc1. The Labute approximate surface area is 262 Å². The molecule has 1 aromatic heterocycles. The van der Waals surface area contributed by atoms with Gasteiger partial charge in [-0.15, -0.1) is 0 Å². The Morgan fingerprint density at radius 3 is 1.84 bits per heavy atom. The van der Waals surface area contributed by atoms with Crippen LogP contribution < -0.4 is 15.8 Å². The molecular formula is C42H27BN2. The molecule has 0 N–H and O–H groups in total. The van der Waals surface area contributed by atoms with Crippen LogP contribution in [-0.2, 0) is 0 Å². The van der Waals surface area contributed by atoms with Gasteiger partial charge in [0.2, 0.25) is 0 Å². The Morgan fingerprint density at radius 2 is 1.07 bits per heavy atom. The van der Waals surface area contributed by atoms with Gasteiger partial charge in [-0.3, -0.25) is 0 Å². The zero-order valence-electron chi connectivity index (χ0n) is 24.6. The molecule has 2 aliphatic heterocycles. The lowest BCUT2D eigenvalue weighted by Crippen LogP contribution is -2.56. The summed E-state index contributed by atoms with van der Waals surface area (Å²) < 4.78 is 2.62. The molecule has 0 saturated carbocycles. The van der Waals surface area contributed by atoms with Gasteiger partial charge in [-0.25, -0.2) is 0 Å². The van der Waals surface area contributed by atoms with Crippen molar-refractivity contribution in [3.63, 3.8) is 0 Å². The third-order valence-electron chi connectivity index (χ3n) is 9.75. The number of anilines is 3. The topological polar surface area (TPSA) is 8.17 Å². The van der Waals surface area contributed by atoms with Crippen molar-refractivity contribution in [3.05, 3.63) is 164 Å². The van der Waals surface area contributed by atoms with E-state index >= 15 is 0 Å². The van der Waals surface area contributed by atoms with E-state index < -0.39 is 0 Å². The minimum Gasteiger partial charge on any atom is -0.375 e. The smallest absolute Gasteiger partial charge is 0.333 e. The van der Waals surface area contributed by atoms with E-state index in [9.17, 15) is 0 Å². The molecule has 2 nitrogen and oxygen atoms in total. The van der Waals surface area contributed by atoms with Crippen LogP contribution in [0.5, 0.6) is 0 Å². The normalized spacial score (nSPS) is 12.8. The molecule has 0 radical (unpaired) electrons. The van der Waals surface area contributed by atoms with Crippen molar-refractivity contribution in [1.82, 2.24) is 4.48 Å². The Bertz CT molecular complexity index is 2430. The second-order valence-corrected chi connectivity index (χ2v) is 12.1. The number of nitrogens with zero attached hydrogens (tertiary/aromatic N) is 2. The minimum absolute atomic E-state index is 0.0388. The van der Waals surface area contributed by atoms with Crippen LogP contribution in [0.3, 0.4) is 0 Å². The number of fused-ring (bicyclic) bond motifs is 7. The van der Waals surface area contributed by atoms with Gasteiger partial charge < -0.3 is 9.38 Å². The van der Waals surface area contributed by atoms with Crippen molar-refractivity contribution in [1.29, 1.82) is 0 Å². The summed E-state index contributed by atoms with van der Waals surface area (Å²) in [7, 11) is 0. The van der Waals surface area contributed by atoms with Gasteiger partial charge >= 0.3 is 6.85 Å². The summed E-state index contributed by atoms with van der Waals surface area (Å²) in [5, 5.41) is 2.62. The molecule has 2 aliphatic rings. The highest BCUT2D eigenvalue weighted by atomic mass is 15.2. The molecule has 208 valence electrons. The van der Waals surface area contributed by atoms with Crippen molar-refractivity contribution in [3.8, 4) is 33.4 Å². The summed E-state index contributed by atoms with van der Waals surface area (Å²) in [5.74, 6) is 0. The molecule has 0 amide bonds. The number of rotatable bonds is 3. The maximum absolute atomic E-state index is 2.62. The number of aromatic nitrogens is 1. The van der Waals surface area contributed by atoms with E-state index in [1.54, 1.807) is 0 Å². The average molecular weight is 571 g/mol. The maximum atomic E-state index is 2.62. The van der Waals surface area contributed by atoms with Crippen LogP contribution >= 0.6 is 0 Å². The fraction of sp³-hybridized carbons (Fsp3) is 0. The summed E-state index contributed by atoms with van der Waals surface area (Å²) in [6.07, 6.45) is 0. The molecule has 0 bridgehead atoms. The first-order chi connectivity index (χ1) is 22.3. The van der Waals surface area contributed by atoms with Gasteiger partial charge in [-0.2, -0.15) is 0 Å².